The third kappa shape index (κ3) is 16.7. The van der Waals surface area contributed by atoms with Gasteiger partial charge in [-0.1, -0.05) is 68.5 Å². The lowest BCUT2D eigenvalue weighted by molar-refractivity contribution is -0.118. The molecule has 1 amide bonds. The van der Waals surface area contributed by atoms with Crippen LogP contribution in [-0.4, -0.2) is 32.1 Å². The fourth-order valence-electron chi connectivity index (χ4n) is 3.79. The van der Waals surface area contributed by atoms with E-state index in [0.29, 0.717) is 0 Å². The molecule has 2 aromatic rings. The van der Waals surface area contributed by atoms with Gasteiger partial charge in [-0.2, -0.15) is 0 Å². The molecule has 2 aliphatic carbocycles. The average molecular weight is 533 g/mol. The summed E-state index contributed by atoms with van der Waals surface area (Å²) in [6, 6.07) is 14.2. The third-order valence-corrected chi connectivity index (χ3v) is 6.29. The highest BCUT2D eigenvalue weighted by atomic mass is 16.1. The largest absolute Gasteiger partial charge is 0.388 e. The normalized spacial score (nSPS) is 13.1. The number of aryl methyl sites for hydroxylation is 1. The van der Waals surface area contributed by atoms with Crippen LogP contribution in [0.15, 0.2) is 54.6 Å². The van der Waals surface area contributed by atoms with Crippen LogP contribution >= 0.6 is 0 Å². The Balaban J connectivity index is 0.000000522. The molecule has 2 N–H and O–H groups in total. The lowest BCUT2D eigenvalue weighted by atomic mass is 9.84. The van der Waals surface area contributed by atoms with E-state index in [2.05, 4.69) is 47.4 Å². The van der Waals surface area contributed by atoms with Crippen molar-refractivity contribution in [3.05, 3.63) is 76.9 Å². The molecule has 5 heteroatoms. The van der Waals surface area contributed by atoms with Crippen molar-refractivity contribution in [1.82, 2.24) is 5.32 Å². The van der Waals surface area contributed by atoms with Crippen molar-refractivity contribution in [2.45, 2.75) is 85.0 Å². The van der Waals surface area contributed by atoms with Crippen LogP contribution in [0.5, 0.6) is 0 Å². The van der Waals surface area contributed by atoms with Gasteiger partial charge < -0.3 is 15.4 Å². The first kappa shape index (κ1) is 35.4. The second-order valence-electron chi connectivity index (χ2n) is 9.67. The molecule has 39 heavy (non-hydrogen) atoms. The SMILES string of the molecule is C#Cc1ccc(C2CCCCC2)cc1.C=C1CC1.C=O.CCCNC(C)=O.CNc1cc(C(C)=O)ccc1C. The molecule has 0 aromatic heterocycles. The minimum absolute atomic E-state index is 0.0573. The monoisotopic (exact) mass is 532 g/mol. The Morgan fingerprint density at radius 1 is 1.00 bits per heavy atom. The lowest BCUT2D eigenvalue weighted by Crippen LogP contribution is -2.19. The van der Waals surface area contributed by atoms with Crippen LogP contribution < -0.4 is 10.6 Å². The summed E-state index contributed by atoms with van der Waals surface area (Å²) < 4.78 is 0. The number of allylic oxidation sites excluding steroid dienone is 1. The summed E-state index contributed by atoms with van der Waals surface area (Å²) in [5, 5.41) is 5.69. The number of amides is 1. The zero-order valence-electron chi connectivity index (χ0n) is 24.7. The second kappa shape index (κ2) is 21.3. The number of hydrogen-bond donors (Lipinski definition) is 2. The maximum atomic E-state index is 11.0. The Hall–Kier alpha value is -3.65. The number of benzene rings is 2. The van der Waals surface area contributed by atoms with Crippen LogP contribution in [0, 0.1) is 19.3 Å². The number of Topliss-reactive ketones (excluding diaryl/α,β-unsaturated/α-hetero) is 1. The molecule has 5 nitrogen and oxygen atoms in total. The number of nitrogens with one attached hydrogen (secondary N) is 2. The topological polar surface area (TPSA) is 75.3 Å². The highest BCUT2D eigenvalue weighted by Gasteiger charge is 2.14. The van der Waals surface area contributed by atoms with E-state index < -0.39 is 0 Å². The van der Waals surface area contributed by atoms with Gasteiger partial charge in [-0.05, 0) is 81.2 Å². The summed E-state index contributed by atoms with van der Waals surface area (Å²) in [5.74, 6) is 3.61. The predicted octanol–water partition coefficient (Wildman–Crippen LogP) is 7.64. The molecule has 212 valence electrons. The molecule has 2 saturated carbocycles. The summed E-state index contributed by atoms with van der Waals surface area (Å²) >= 11 is 0. The molecule has 2 aromatic carbocycles. The number of carbonyl (C=O) groups excluding carboxylic acids is 3. The van der Waals surface area contributed by atoms with E-state index in [9.17, 15) is 9.59 Å². The van der Waals surface area contributed by atoms with Crippen molar-refractivity contribution < 1.29 is 14.4 Å². The van der Waals surface area contributed by atoms with E-state index in [0.717, 1.165) is 41.3 Å². The summed E-state index contributed by atoms with van der Waals surface area (Å²) in [5.41, 5.74) is 6.81. The first-order valence-corrected chi connectivity index (χ1v) is 13.8. The van der Waals surface area contributed by atoms with Gasteiger partial charge >= 0.3 is 0 Å². The van der Waals surface area contributed by atoms with E-state index >= 15 is 0 Å². The van der Waals surface area contributed by atoms with E-state index in [1.54, 1.807) is 6.92 Å². The van der Waals surface area contributed by atoms with Crippen LogP contribution in [0.4, 0.5) is 5.69 Å². The molecule has 0 heterocycles. The van der Waals surface area contributed by atoms with Crippen molar-refractivity contribution in [2.24, 2.45) is 0 Å². The molecule has 0 atom stereocenters. The molecule has 0 saturated heterocycles. The van der Waals surface area contributed by atoms with Crippen molar-refractivity contribution in [2.75, 3.05) is 18.9 Å². The van der Waals surface area contributed by atoms with Gasteiger partial charge in [0, 0.05) is 37.3 Å². The summed E-state index contributed by atoms with van der Waals surface area (Å²) in [4.78, 5) is 29.1. The Morgan fingerprint density at radius 2 is 1.56 bits per heavy atom. The molecule has 2 fully saturated rings. The Kier molecular flexibility index (Phi) is 19.3. The van der Waals surface area contributed by atoms with Gasteiger partial charge in [-0.25, -0.2) is 0 Å². The van der Waals surface area contributed by atoms with E-state index in [1.807, 2.05) is 45.9 Å². The minimum Gasteiger partial charge on any atom is -0.388 e. The van der Waals surface area contributed by atoms with Gasteiger partial charge in [0.15, 0.2) is 5.78 Å². The number of rotatable bonds is 5. The van der Waals surface area contributed by atoms with Gasteiger partial charge in [0.05, 0.1) is 0 Å². The van der Waals surface area contributed by atoms with Crippen molar-refractivity contribution in [3.63, 3.8) is 0 Å². The van der Waals surface area contributed by atoms with Gasteiger partial charge in [0.25, 0.3) is 0 Å². The summed E-state index contributed by atoms with van der Waals surface area (Å²) in [7, 11) is 1.85. The van der Waals surface area contributed by atoms with Gasteiger partial charge in [0.1, 0.15) is 6.79 Å². The van der Waals surface area contributed by atoms with Crippen molar-refractivity contribution in [3.8, 4) is 12.3 Å². The Morgan fingerprint density at radius 3 is 1.95 bits per heavy atom. The van der Waals surface area contributed by atoms with E-state index in [-0.39, 0.29) is 11.7 Å². The quantitative estimate of drug-likeness (QED) is 0.236. The highest BCUT2D eigenvalue weighted by molar-refractivity contribution is 5.95. The van der Waals surface area contributed by atoms with Crippen LogP contribution in [0.2, 0.25) is 0 Å². The maximum absolute atomic E-state index is 11.0. The molecule has 0 spiro atoms. The highest BCUT2D eigenvalue weighted by Crippen LogP contribution is 2.32. The molecule has 0 unspecified atom stereocenters. The fraction of sp³-hybridized carbons (Fsp3) is 0.441. The average Bonchev–Trinajstić information content (AvgIpc) is 3.76. The van der Waals surface area contributed by atoms with Gasteiger partial charge in [-0.3, -0.25) is 9.59 Å². The standard InChI is InChI=1S/C14H16.C10H13NO.C5H11NO.C4H6.CH2O/c1-2-12-8-10-14(11-9-12)13-6-4-3-5-7-13;1-7-4-5-9(8(2)12)6-10(7)11-3;1-3-4-6-5(2)7;1-4-2-3-4;1-2/h1,8-11,13H,3-7H2;4-6,11H,1-3H3;3-4H2,1-2H3,(H,6,7);1-3H2;1H2. The molecule has 0 bridgehead atoms. The molecule has 0 aliphatic heterocycles. The zero-order chi connectivity index (χ0) is 29.6. The molecule has 0 radical (unpaired) electrons. The molecular weight excluding hydrogens is 484 g/mol. The van der Waals surface area contributed by atoms with Gasteiger partial charge in [0.2, 0.25) is 5.91 Å². The molecular formula is C34H48N2O3. The van der Waals surface area contributed by atoms with E-state index in [1.165, 1.54) is 63.0 Å². The van der Waals surface area contributed by atoms with Crippen LogP contribution in [0.1, 0.15) is 105 Å². The fourth-order valence-corrected chi connectivity index (χ4v) is 3.79. The summed E-state index contributed by atoms with van der Waals surface area (Å²) in [6.07, 6.45) is 15.8. The van der Waals surface area contributed by atoms with Crippen molar-refractivity contribution in [1.29, 1.82) is 0 Å². The first-order chi connectivity index (χ1) is 18.7. The Labute approximate surface area is 236 Å². The second-order valence-corrected chi connectivity index (χ2v) is 9.67. The van der Waals surface area contributed by atoms with Crippen LogP contribution in [-0.2, 0) is 9.59 Å². The number of hydrogen-bond acceptors (Lipinski definition) is 4. The molecule has 2 aliphatic rings. The smallest absolute Gasteiger partial charge is 0.216 e. The minimum atomic E-state index is 0.0573. The molecule has 4 rings (SSSR count). The zero-order valence-corrected chi connectivity index (χ0v) is 24.7. The number of anilines is 1. The predicted molar refractivity (Wildman–Crippen MR) is 165 cm³/mol. The third-order valence-electron chi connectivity index (χ3n) is 6.29. The van der Waals surface area contributed by atoms with Crippen LogP contribution in [0.3, 0.4) is 0 Å². The summed E-state index contributed by atoms with van der Waals surface area (Å²) in [6.45, 7) is 13.6. The first-order valence-electron chi connectivity index (χ1n) is 13.8. The number of ketones is 1. The Bertz CT molecular complexity index is 1040. The lowest BCUT2D eigenvalue weighted by Gasteiger charge is -2.21. The number of carbonyl (C=O) groups is 3. The maximum Gasteiger partial charge on any atom is 0.216 e. The van der Waals surface area contributed by atoms with Gasteiger partial charge in [-0.15, -0.1) is 6.42 Å². The van der Waals surface area contributed by atoms with Crippen molar-refractivity contribution >= 4 is 24.2 Å². The number of terminal acetylenes is 1. The van der Waals surface area contributed by atoms with Crippen LogP contribution in [0.25, 0.3) is 0 Å². The van der Waals surface area contributed by atoms with E-state index in [4.69, 9.17) is 11.2 Å².